The molecule has 0 fully saturated rings. The molecule has 0 saturated carbocycles. The van der Waals surface area contributed by atoms with E-state index in [0.29, 0.717) is 22.2 Å². The summed E-state index contributed by atoms with van der Waals surface area (Å²) >= 11 is 0. The van der Waals surface area contributed by atoms with Crippen LogP contribution in [0.1, 0.15) is 23.0 Å². The van der Waals surface area contributed by atoms with Crippen LogP contribution in [-0.2, 0) is 26.3 Å². The van der Waals surface area contributed by atoms with Gasteiger partial charge in [-0.2, -0.15) is 0 Å². The van der Waals surface area contributed by atoms with Crippen LogP contribution in [0.2, 0.25) is 0 Å². The fraction of sp³-hybridized carbons (Fsp3) is 0.133. The lowest BCUT2D eigenvalue weighted by Crippen LogP contribution is -2.43. The summed E-state index contributed by atoms with van der Waals surface area (Å²) in [5, 5.41) is 1.50. The Kier molecular flexibility index (Phi) is 5.46. The molecule has 39 heavy (non-hydrogen) atoms. The summed E-state index contributed by atoms with van der Waals surface area (Å²) < 4.78 is 21.5. The van der Waals surface area contributed by atoms with Gasteiger partial charge in [0.2, 0.25) is 11.7 Å². The quantitative estimate of drug-likeness (QED) is 0.152. The molecule has 0 saturated heterocycles. The molecular formula is C30H23FN4O4. The first-order chi connectivity index (χ1) is 18.8. The highest BCUT2D eigenvalue weighted by Gasteiger charge is 2.55. The van der Waals surface area contributed by atoms with Gasteiger partial charge in [-0.25, -0.2) is 4.39 Å². The lowest BCUT2D eigenvalue weighted by Gasteiger charge is -2.23. The maximum Gasteiger partial charge on any atom is 0.325 e. The molecule has 1 atom stereocenters. The van der Waals surface area contributed by atoms with Crippen LogP contribution in [0.15, 0.2) is 79.0 Å². The molecule has 0 spiro atoms. The Morgan fingerprint density at radius 3 is 2.46 bits per heavy atom. The zero-order valence-corrected chi connectivity index (χ0v) is 21.1. The highest BCUT2D eigenvalue weighted by Crippen LogP contribution is 2.50. The third-order valence-electron chi connectivity index (χ3n) is 7.40. The molecule has 194 valence electrons. The third-order valence-corrected chi connectivity index (χ3v) is 7.40. The summed E-state index contributed by atoms with van der Waals surface area (Å²) in [6, 6.07) is 19.9. The van der Waals surface area contributed by atoms with Gasteiger partial charge in [0, 0.05) is 27.5 Å². The summed E-state index contributed by atoms with van der Waals surface area (Å²) in [4.78, 5) is 46.0. The van der Waals surface area contributed by atoms with Crippen LogP contribution in [0.3, 0.4) is 0 Å². The summed E-state index contributed by atoms with van der Waals surface area (Å²) in [6.45, 7) is 1.47. The van der Waals surface area contributed by atoms with Crippen molar-refractivity contribution in [2.24, 2.45) is 0 Å². The number of nitrogens with zero attached hydrogens (tertiary/aromatic N) is 3. The number of carbonyl (C=O) groups is 3. The van der Waals surface area contributed by atoms with Gasteiger partial charge >= 0.3 is 5.97 Å². The van der Waals surface area contributed by atoms with Gasteiger partial charge in [0.1, 0.15) is 23.5 Å². The minimum Gasteiger partial charge on any atom is -0.468 e. The number of benzene rings is 3. The molecule has 1 aliphatic rings. The molecule has 1 amide bonds. The van der Waals surface area contributed by atoms with E-state index in [0.717, 1.165) is 10.9 Å². The normalized spacial score (nSPS) is 16.6. The number of rotatable bonds is 5. The van der Waals surface area contributed by atoms with Crippen LogP contribution in [0.25, 0.3) is 21.8 Å². The minimum absolute atomic E-state index is 0.0279. The van der Waals surface area contributed by atoms with E-state index in [1.807, 2.05) is 24.3 Å². The summed E-state index contributed by atoms with van der Waals surface area (Å²) in [5.74, 6) is -2.23. The van der Waals surface area contributed by atoms with Crippen LogP contribution < -0.4 is 10.6 Å². The molecule has 8 nitrogen and oxygen atoms in total. The molecule has 6 rings (SSSR count). The second-order valence-corrected chi connectivity index (χ2v) is 9.55. The van der Waals surface area contributed by atoms with Crippen molar-refractivity contribution in [2.75, 3.05) is 17.7 Å². The third kappa shape index (κ3) is 3.43. The standard InChI is InChI=1S/C30H23FN4O4/c1-30(27-20(32)10-7-13-24(27)35(29(30)38)23-12-6-4-9-19(23)31)28(37)21-14-18-17-8-3-5-11-22(17)34(16-26(36)39-2)25(18)15-33-21/h3-15H,16,32H2,1-2H3/t30-/m0/s1. The van der Waals surface area contributed by atoms with Crippen LogP contribution in [0, 0.1) is 5.82 Å². The SMILES string of the molecule is COC(=O)Cn1c2ccccc2c2cc(C(=O)[C@@]3(C)C(=O)N(c4ccccc4F)c4cccc(N)c43)ncc21. The van der Waals surface area contributed by atoms with Crippen molar-refractivity contribution in [3.63, 3.8) is 0 Å². The summed E-state index contributed by atoms with van der Waals surface area (Å²) in [7, 11) is 1.32. The first-order valence-corrected chi connectivity index (χ1v) is 12.2. The zero-order chi connectivity index (χ0) is 27.5. The van der Waals surface area contributed by atoms with Gasteiger partial charge in [-0.3, -0.25) is 24.3 Å². The maximum atomic E-state index is 14.9. The number of nitrogen functional groups attached to an aromatic ring is 1. The van der Waals surface area contributed by atoms with E-state index in [1.165, 1.54) is 43.3 Å². The number of methoxy groups -OCH3 is 1. The van der Waals surface area contributed by atoms with Crippen LogP contribution >= 0.6 is 0 Å². The van der Waals surface area contributed by atoms with Crippen LogP contribution in [0.4, 0.5) is 21.5 Å². The van der Waals surface area contributed by atoms with E-state index < -0.39 is 28.9 Å². The molecule has 0 radical (unpaired) electrons. The summed E-state index contributed by atoms with van der Waals surface area (Å²) in [5.41, 5.74) is 6.95. The second-order valence-electron chi connectivity index (χ2n) is 9.55. The van der Waals surface area contributed by atoms with E-state index in [9.17, 15) is 18.8 Å². The van der Waals surface area contributed by atoms with Crippen molar-refractivity contribution in [3.05, 3.63) is 96.1 Å². The predicted molar refractivity (Wildman–Crippen MR) is 145 cm³/mol. The average molecular weight is 523 g/mol. The number of carbonyl (C=O) groups excluding carboxylic acids is 3. The van der Waals surface area contributed by atoms with Gasteiger partial charge in [0.25, 0.3) is 0 Å². The number of aromatic nitrogens is 2. The Balaban J connectivity index is 1.53. The number of Topliss-reactive ketones (excluding diaryl/α,β-unsaturated/α-hetero) is 1. The molecule has 0 bridgehead atoms. The van der Waals surface area contributed by atoms with Crippen LogP contribution in [-0.4, -0.2) is 34.3 Å². The molecule has 5 aromatic rings. The molecule has 3 heterocycles. The van der Waals surface area contributed by atoms with E-state index >= 15 is 0 Å². The van der Waals surface area contributed by atoms with Crippen molar-refractivity contribution >= 4 is 56.5 Å². The lowest BCUT2D eigenvalue weighted by molar-refractivity contribution is -0.141. The highest BCUT2D eigenvalue weighted by atomic mass is 19.1. The maximum absolute atomic E-state index is 14.9. The predicted octanol–water partition coefficient (Wildman–Crippen LogP) is 4.90. The number of amides is 1. The Bertz CT molecular complexity index is 1850. The molecule has 2 N–H and O–H groups in total. The van der Waals surface area contributed by atoms with E-state index in [1.54, 1.807) is 34.9 Å². The van der Waals surface area contributed by atoms with Crippen LogP contribution in [0.5, 0.6) is 0 Å². The van der Waals surface area contributed by atoms with E-state index in [-0.39, 0.29) is 23.6 Å². The van der Waals surface area contributed by atoms with E-state index in [2.05, 4.69) is 4.98 Å². The van der Waals surface area contributed by atoms with Gasteiger partial charge in [-0.1, -0.05) is 36.4 Å². The van der Waals surface area contributed by atoms with Gasteiger partial charge in [0.05, 0.1) is 30.2 Å². The second kappa shape index (κ2) is 8.76. The first kappa shape index (κ1) is 24.3. The number of hydrogen-bond donors (Lipinski definition) is 1. The number of esters is 1. The van der Waals surface area contributed by atoms with E-state index in [4.69, 9.17) is 10.5 Å². The monoisotopic (exact) mass is 522 g/mol. The molecule has 2 aromatic heterocycles. The minimum atomic E-state index is -1.76. The van der Waals surface area contributed by atoms with Gasteiger partial charge < -0.3 is 15.0 Å². The molecule has 9 heteroatoms. The smallest absolute Gasteiger partial charge is 0.325 e. The number of ketones is 1. The summed E-state index contributed by atoms with van der Waals surface area (Å²) in [6.07, 6.45) is 1.51. The number of halogens is 1. The van der Waals surface area contributed by atoms with Crippen molar-refractivity contribution in [1.82, 2.24) is 9.55 Å². The number of anilines is 3. The number of nitrogens with two attached hydrogens (primary N) is 1. The van der Waals surface area contributed by atoms with Gasteiger partial charge in [-0.15, -0.1) is 0 Å². The molecular weight excluding hydrogens is 499 g/mol. The Morgan fingerprint density at radius 2 is 1.69 bits per heavy atom. The van der Waals surface area contributed by atoms with Crippen molar-refractivity contribution < 1.29 is 23.5 Å². The fourth-order valence-corrected chi connectivity index (χ4v) is 5.50. The first-order valence-electron chi connectivity index (χ1n) is 12.2. The van der Waals surface area contributed by atoms with Gasteiger partial charge in [-0.05, 0) is 43.3 Å². The Labute approximate surface area is 222 Å². The largest absolute Gasteiger partial charge is 0.468 e. The average Bonchev–Trinajstić information content (AvgIpc) is 3.38. The lowest BCUT2D eigenvalue weighted by atomic mass is 9.77. The Morgan fingerprint density at radius 1 is 0.974 bits per heavy atom. The molecule has 0 aliphatic carbocycles. The van der Waals surface area contributed by atoms with Crippen molar-refractivity contribution in [1.29, 1.82) is 0 Å². The number of ether oxygens (including phenoxy) is 1. The number of hydrogen-bond acceptors (Lipinski definition) is 6. The highest BCUT2D eigenvalue weighted by molar-refractivity contribution is 6.29. The van der Waals surface area contributed by atoms with Crippen molar-refractivity contribution in [3.8, 4) is 0 Å². The molecule has 0 unspecified atom stereocenters. The zero-order valence-electron chi connectivity index (χ0n) is 21.1. The topological polar surface area (TPSA) is 108 Å². The van der Waals surface area contributed by atoms with Gasteiger partial charge in [0.15, 0.2) is 0 Å². The molecule has 3 aromatic carbocycles. The Hall–Kier alpha value is -5.05. The van der Waals surface area contributed by atoms with Crippen molar-refractivity contribution in [2.45, 2.75) is 18.9 Å². The number of pyridine rings is 1. The number of fused-ring (bicyclic) bond motifs is 4. The fourth-order valence-electron chi connectivity index (χ4n) is 5.50. The number of para-hydroxylation sites is 2. The molecule has 1 aliphatic heterocycles.